The second-order valence-corrected chi connectivity index (χ2v) is 11.2. The Bertz CT molecular complexity index is 965. The van der Waals surface area contributed by atoms with E-state index < -0.39 is 0 Å². The van der Waals surface area contributed by atoms with Gasteiger partial charge in [0.05, 0.1) is 34.1 Å². The van der Waals surface area contributed by atoms with Gasteiger partial charge < -0.3 is 29.4 Å². The van der Waals surface area contributed by atoms with Gasteiger partial charge in [-0.05, 0) is 75.6 Å². The van der Waals surface area contributed by atoms with Crippen LogP contribution in [-0.4, -0.2) is 52.4 Å². The molecule has 0 saturated carbocycles. The summed E-state index contributed by atoms with van der Waals surface area (Å²) in [4.78, 5) is 14.9. The minimum atomic E-state index is 1.15. The van der Waals surface area contributed by atoms with Gasteiger partial charge in [-0.15, -0.1) is 0 Å². The fourth-order valence-corrected chi connectivity index (χ4v) is 6.95. The predicted octanol–water partition coefficient (Wildman–Crippen LogP) is 5.88. The molecule has 2 aromatic carbocycles. The van der Waals surface area contributed by atoms with Gasteiger partial charge in [0.25, 0.3) is 0 Å². The number of rotatable bonds is 6. The maximum Gasteiger partial charge on any atom is 0.218 e. The van der Waals surface area contributed by atoms with Crippen LogP contribution in [0, 0.1) is 6.67 Å². The van der Waals surface area contributed by atoms with Crippen molar-refractivity contribution in [1.29, 1.82) is 0 Å². The zero-order chi connectivity index (χ0) is 24.6. The van der Waals surface area contributed by atoms with Crippen molar-refractivity contribution in [3.63, 3.8) is 0 Å². The molecular weight excluding hydrogens is 456 g/mol. The Morgan fingerprint density at radius 1 is 0.405 bits per heavy atom. The number of nitrogens with zero attached hydrogens (tertiary/aromatic N) is 6. The molecule has 37 heavy (non-hydrogen) atoms. The fourth-order valence-electron chi connectivity index (χ4n) is 6.95. The Balaban J connectivity index is 1.26. The molecule has 2 aromatic rings. The molecule has 2 radical (unpaired) electrons. The molecule has 0 aliphatic carbocycles. The molecule has 0 atom stereocenters. The molecule has 0 aromatic heterocycles. The lowest BCUT2D eigenvalue weighted by Crippen LogP contribution is -2.29. The van der Waals surface area contributed by atoms with Gasteiger partial charge in [0.15, 0.2) is 0 Å². The van der Waals surface area contributed by atoms with Gasteiger partial charge in [-0.2, -0.15) is 0 Å². The van der Waals surface area contributed by atoms with Gasteiger partial charge in [0.1, 0.15) is 0 Å². The average Bonchev–Trinajstić information content (AvgIpc) is 3.79. The summed E-state index contributed by atoms with van der Waals surface area (Å²) < 4.78 is 0. The average molecular weight is 497 g/mol. The third-order valence-corrected chi connectivity index (χ3v) is 8.84. The molecule has 5 aliphatic rings. The van der Waals surface area contributed by atoms with E-state index in [1.165, 1.54) is 85.5 Å². The topological polar surface area (TPSA) is 19.4 Å². The maximum atomic E-state index is 3.83. The molecule has 7 rings (SSSR count). The zero-order valence-electron chi connectivity index (χ0n) is 22.1. The normalized spacial score (nSPS) is 21.9. The summed E-state index contributed by atoms with van der Waals surface area (Å²) in [6.45, 7) is 13.0. The minimum Gasteiger partial charge on any atom is -0.370 e. The lowest BCUT2D eigenvalue weighted by atomic mass is 10.1. The van der Waals surface area contributed by atoms with Crippen molar-refractivity contribution in [2.24, 2.45) is 0 Å². The number of hydrogen-bond donors (Lipinski definition) is 0. The number of hydrogen-bond acceptors (Lipinski definition) is 6. The largest absolute Gasteiger partial charge is 0.370 e. The highest BCUT2D eigenvalue weighted by Gasteiger charge is 2.32. The summed E-state index contributed by atoms with van der Waals surface area (Å²) >= 11 is 0. The summed E-state index contributed by atoms with van der Waals surface area (Å²) in [6, 6.07) is 13.8. The van der Waals surface area contributed by atoms with E-state index in [9.17, 15) is 0 Å². The van der Waals surface area contributed by atoms with Crippen LogP contribution in [-0.2, 0) is 0 Å². The molecule has 4 saturated heterocycles. The van der Waals surface area contributed by atoms with E-state index in [2.05, 4.69) is 84.9 Å². The Morgan fingerprint density at radius 3 is 0.946 bits per heavy atom. The molecule has 0 bridgehead atoms. The van der Waals surface area contributed by atoms with Gasteiger partial charge in [-0.25, -0.2) is 0 Å². The highest BCUT2D eigenvalue weighted by atomic mass is 15.4. The first-order chi connectivity index (χ1) is 18.4. The molecule has 0 amide bonds. The monoisotopic (exact) mass is 496 g/mol. The van der Waals surface area contributed by atoms with Gasteiger partial charge >= 0.3 is 0 Å². The summed E-state index contributed by atoms with van der Waals surface area (Å²) in [7, 11) is 0. The van der Waals surface area contributed by atoms with E-state index in [1.54, 1.807) is 0 Å². The van der Waals surface area contributed by atoms with Crippen molar-refractivity contribution in [2.75, 3.05) is 81.8 Å². The highest BCUT2D eigenvalue weighted by molar-refractivity contribution is 5.91. The molecule has 6 heteroatoms. The van der Waals surface area contributed by atoms with E-state index in [4.69, 9.17) is 0 Å². The van der Waals surface area contributed by atoms with E-state index in [-0.39, 0.29) is 0 Å². The van der Waals surface area contributed by atoms with Gasteiger partial charge in [-0.3, -0.25) is 0 Å². The van der Waals surface area contributed by atoms with E-state index >= 15 is 0 Å². The quantitative estimate of drug-likeness (QED) is 0.494. The summed E-state index contributed by atoms with van der Waals surface area (Å²) in [6.07, 6.45) is 14.7. The van der Waals surface area contributed by atoms with Crippen molar-refractivity contribution in [2.45, 2.75) is 51.4 Å². The Morgan fingerprint density at radius 2 is 0.676 bits per heavy atom. The van der Waals surface area contributed by atoms with Crippen molar-refractivity contribution >= 4 is 34.1 Å². The third-order valence-electron chi connectivity index (χ3n) is 8.84. The smallest absolute Gasteiger partial charge is 0.218 e. The third kappa shape index (κ3) is 4.28. The molecule has 6 nitrogen and oxygen atoms in total. The number of para-hydroxylation sites is 2. The predicted molar refractivity (Wildman–Crippen MR) is 156 cm³/mol. The summed E-state index contributed by atoms with van der Waals surface area (Å²) in [5, 5.41) is 0. The van der Waals surface area contributed by atoms with Crippen LogP contribution in [0.1, 0.15) is 51.4 Å². The first-order valence-corrected chi connectivity index (χ1v) is 14.7. The number of benzene rings is 2. The van der Waals surface area contributed by atoms with Gasteiger partial charge in [0.2, 0.25) is 6.67 Å². The molecule has 5 heterocycles. The van der Waals surface area contributed by atoms with E-state index in [1.807, 2.05) is 0 Å². The molecule has 0 spiro atoms. The first kappa shape index (κ1) is 23.1. The standard InChI is InChI=1S/C31H40N6/c1-2-16-32(15-1)26-11-9-12-27(33-17-3-4-18-33)30(26)36-23-24-37(25-36)31-28(34-19-5-6-20-34)13-10-14-29(31)35-21-7-8-22-35/h9-14,23-24H,1-8,15-22H2. The molecule has 0 N–H and O–H groups in total. The van der Waals surface area contributed by atoms with Gasteiger partial charge in [0, 0.05) is 64.8 Å². The van der Waals surface area contributed by atoms with Crippen LogP contribution in [0.25, 0.3) is 0 Å². The van der Waals surface area contributed by atoms with Crippen molar-refractivity contribution in [1.82, 2.24) is 0 Å². The molecular formula is C31H40N6. The van der Waals surface area contributed by atoms with E-state index in [0.717, 1.165) is 52.4 Å². The highest BCUT2D eigenvalue weighted by Crippen LogP contribution is 2.47. The summed E-state index contributed by atoms with van der Waals surface area (Å²) in [5.74, 6) is 0. The van der Waals surface area contributed by atoms with Crippen LogP contribution < -0.4 is 29.4 Å². The summed E-state index contributed by atoms with van der Waals surface area (Å²) in [5.41, 5.74) is 8.02. The van der Waals surface area contributed by atoms with Gasteiger partial charge in [-0.1, -0.05) is 12.1 Å². The molecule has 194 valence electrons. The van der Waals surface area contributed by atoms with Crippen LogP contribution >= 0.6 is 0 Å². The lowest BCUT2D eigenvalue weighted by molar-refractivity contribution is 0.931. The van der Waals surface area contributed by atoms with Crippen LogP contribution in [0.2, 0.25) is 0 Å². The van der Waals surface area contributed by atoms with Crippen LogP contribution in [0.15, 0.2) is 48.8 Å². The zero-order valence-corrected chi connectivity index (χ0v) is 22.1. The Hall–Kier alpha value is -3.02. The second-order valence-electron chi connectivity index (χ2n) is 11.2. The van der Waals surface area contributed by atoms with Crippen molar-refractivity contribution in [3.8, 4) is 0 Å². The van der Waals surface area contributed by atoms with Crippen LogP contribution in [0.4, 0.5) is 34.1 Å². The lowest BCUT2D eigenvalue weighted by Gasteiger charge is -2.33. The maximum absolute atomic E-state index is 3.83. The number of anilines is 6. The molecule has 4 fully saturated rings. The first-order valence-electron chi connectivity index (χ1n) is 14.7. The van der Waals surface area contributed by atoms with E-state index in [0.29, 0.717) is 0 Å². The van der Waals surface area contributed by atoms with Crippen molar-refractivity contribution < 1.29 is 0 Å². The Labute approximate surface area is 222 Å². The fraction of sp³-hybridized carbons (Fsp3) is 0.516. The molecule has 5 aliphatic heterocycles. The molecule has 0 unspecified atom stereocenters. The SMILES string of the molecule is [C]1N(c2c(N3CCCC3)cccc2N2CCCC2)C=CN1c1c(N2CCCC2)cccc1N1CCCC1. The van der Waals surface area contributed by atoms with Crippen LogP contribution in [0.5, 0.6) is 0 Å². The minimum absolute atomic E-state index is 1.15. The van der Waals surface area contributed by atoms with Crippen molar-refractivity contribution in [3.05, 3.63) is 55.5 Å². The Kier molecular flexibility index (Phi) is 6.27. The second kappa shape index (κ2) is 10.0. The van der Waals surface area contributed by atoms with Crippen LogP contribution in [0.3, 0.4) is 0 Å².